The number of hydrogen-bond acceptors (Lipinski definition) is 7. The van der Waals surface area contributed by atoms with Gasteiger partial charge in [0.1, 0.15) is 5.75 Å². The molecule has 0 unspecified atom stereocenters. The quantitative estimate of drug-likeness (QED) is 0.576. The molecule has 33 heavy (non-hydrogen) atoms. The Kier molecular flexibility index (Phi) is 6.63. The topological polar surface area (TPSA) is 86.9 Å². The fourth-order valence-electron chi connectivity index (χ4n) is 3.48. The van der Waals surface area contributed by atoms with Crippen LogP contribution in [0.3, 0.4) is 0 Å². The number of aromatic hydroxyl groups is 1. The molecule has 1 N–H and O–H groups in total. The molecule has 4 heterocycles. The van der Waals surface area contributed by atoms with Gasteiger partial charge in [0.15, 0.2) is 0 Å². The van der Waals surface area contributed by atoms with Gasteiger partial charge in [0.2, 0.25) is 12.4 Å². The number of piperazine rings is 1. The minimum absolute atomic E-state index is 0.213. The van der Waals surface area contributed by atoms with E-state index in [1.54, 1.807) is 17.2 Å². The van der Waals surface area contributed by atoms with Gasteiger partial charge in [-0.1, -0.05) is 0 Å². The van der Waals surface area contributed by atoms with Gasteiger partial charge >= 0.3 is 6.18 Å². The number of aryl methyl sites for hydroxylation is 1. The van der Waals surface area contributed by atoms with Crippen LogP contribution in [0.2, 0.25) is 0 Å². The molecule has 1 aromatic carbocycles. The summed E-state index contributed by atoms with van der Waals surface area (Å²) >= 11 is 2.04. The molecule has 2 aromatic heterocycles. The number of carbonyl (C=O) groups excluding carboxylic acids is 1. The summed E-state index contributed by atoms with van der Waals surface area (Å²) in [6, 6.07) is 3.23. The van der Waals surface area contributed by atoms with Crippen molar-refractivity contribution in [2.24, 2.45) is 0 Å². The van der Waals surface area contributed by atoms with Gasteiger partial charge in [-0.3, -0.25) is 4.79 Å². The Balaban J connectivity index is 0.000000586. The van der Waals surface area contributed by atoms with E-state index in [9.17, 15) is 23.1 Å². The maximum atomic E-state index is 12.9. The van der Waals surface area contributed by atoms with Crippen molar-refractivity contribution >= 4 is 29.9 Å². The number of alkyl halides is 3. The van der Waals surface area contributed by atoms with Crippen molar-refractivity contribution in [1.29, 1.82) is 0 Å². The standard InChI is InChI=1S/C18H17F3N6O2.C3H6S/c1-11-8-12(18(19,20)21)9-14(29)15(11)13-2-3-27-16(22-13)23-17(24-27)26-6-4-25(10-28)5-7-26;1-2-4-3-1/h2-3,8-10,29H,4-7H2,1H3;1-3H2. The molecule has 8 nitrogen and oxygen atoms in total. The molecule has 2 fully saturated rings. The highest BCUT2D eigenvalue weighted by Gasteiger charge is 2.32. The Morgan fingerprint density at radius 3 is 2.33 bits per heavy atom. The van der Waals surface area contributed by atoms with Crippen LogP contribution in [0, 0.1) is 6.92 Å². The molecule has 5 rings (SSSR count). The van der Waals surface area contributed by atoms with Gasteiger partial charge in [0, 0.05) is 37.9 Å². The number of thioether (sulfide) groups is 1. The number of hydrogen-bond donors (Lipinski definition) is 1. The Bertz CT molecular complexity index is 1110. The molecule has 2 aliphatic rings. The van der Waals surface area contributed by atoms with Gasteiger partial charge in [-0.15, -0.1) is 5.10 Å². The third-order valence-electron chi connectivity index (χ3n) is 5.42. The van der Waals surface area contributed by atoms with E-state index in [4.69, 9.17) is 0 Å². The first-order valence-corrected chi connectivity index (χ1v) is 11.6. The maximum Gasteiger partial charge on any atom is 0.416 e. The van der Waals surface area contributed by atoms with Gasteiger partial charge in [-0.05, 0) is 48.6 Å². The van der Waals surface area contributed by atoms with E-state index in [1.165, 1.54) is 29.4 Å². The summed E-state index contributed by atoms with van der Waals surface area (Å²) in [6.07, 6.45) is -0.688. The fourth-order valence-corrected chi connectivity index (χ4v) is 3.77. The van der Waals surface area contributed by atoms with E-state index in [1.807, 2.05) is 16.7 Å². The fraction of sp³-hybridized carbons (Fsp3) is 0.429. The number of amides is 1. The Morgan fingerprint density at radius 2 is 1.79 bits per heavy atom. The minimum atomic E-state index is -4.55. The summed E-state index contributed by atoms with van der Waals surface area (Å²) in [5, 5.41) is 14.6. The van der Waals surface area contributed by atoms with Crippen molar-refractivity contribution in [1.82, 2.24) is 24.5 Å². The van der Waals surface area contributed by atoms with Gasteiger partial charge in [-0.25, -0.2) is 9.50 Å². The van der Waals surface area contributed by atoms with Crippen molar-refractivity contribution in [2.75, 3.05) is 42.6 Å². The third-order valence-corrected chi connectivity index (χ3v) is 6.57. The predicted molar refractivity (Wildman–Crippen MR) is 119 cm³/mol. The van der Waals surface area contributed by atoms with E-state index in [0.717, 1.165) is 12.5 Å². The van der Waals surface area contributed by atoms with Crippen molar-refractivity contribution in [3.8, 4) is 17.0 Å². The van der Waals surface area contributed by atoms with Crippen LogP contribution in [0.15, 0.2) is 24.4 Å². The first kappa shape index (κ1) is 23.1. The number of benzene rings is 1. The molecule has 3 aromatic rings. The van der Waals surface area contributed by atoms with Crippen molar-refractivity contribution in [3.05, 3.63) is 35.5 Å². The Labute approximate surface area is 192 Å². The van der Waals surface area contributed by atoms with Crippen LogP contribution in [0.5, 0.6) is 5.75 Å². The van der Waals surface area contributed by atoms with Crippen LogP contribution in [-0.4, -0.2) is 73.7 Å². The molecule has 1 amide bonds. The second kappa shape index (κ2) is 9.46. The van der Waals surface area contributed by atoms with Gasteiger partial charge in [-0.2, -0.15) is 29.9 Å². The Hall–Kier alpha value is -3.02. The number of aromatic nitrogens is 4. The average molecular weight is 481 g/mol. The summed E-state index contributed by atoms with van der Waals surface area (Å²) < 4.78 is 40.3. The van der Waals surface area contributed by atoms with Crippen LogP contribution in [-0.2, 0) is 11.0 Å². The van der Waals surface area contributed by atoms with E-state index in [2.05, 4.69) is 15.1 Å². The number of nitrogens with zero attached hydrogens (tertiary/aromatic N) is 6. The van der Waals surface area contributed by atoms with E-state index in [-0.39, 0.29) is 16.9 Å². The molecule has 0 saturated carbocycles. The molecule has 12 heteroatoms. The monoisotopic (exact) mass is 480 g/mol. The number of anilines is 1. The van der Waals surface area contributed by atoms with Gasteiger partial charge in [0.25, 0.3) is 5.78 Å². The zero-order valence-electron chi connectivity index (χ0n) is 17.9. The number of carbonyl (C=O) groups is 1. The number of phenols is 1. The second-order valence-electron chi connectivity index (χ2n) is 7.75. The summed E-state index contributed by atoms with van der Waals surface area (Å²) in [4.78, 5) is 23.2. The molecule has 0 bridgehead atoms. The molecule has 176 valence electrons. The largest absolute Gasteiger partial charge is 0.507 e. The first-order chi connectivity index (χ1) is 15.8. The molecule has 0 radical (unpaired) electrons. The van der Waals surface area contributed by atoms with E-state index in [0.29, 0.717) is 43.9 Å². The number of fused-ring (bicyclic) bond motifs is 1. The summed E-state index contributed by atoms with van der Waals surface area (Å²) in [5.41, 5.74) is -0.161. The average Bonchev–Trinajstić information content (AvgIpc) is 3.15. The molecular weight excluding hydrogens is 457 g/mol. The van der Waals surface area contributed by atoms with Crippen LogP contribution in [0.1, 0.15) is 17.5 Å². The van der Waals surface area contributed by atoms with Crippen LogP contribution >= 0.6 is 11.8 Å². The lowest BCUT2D eigenvalue weighted by Gasteiger charge is -2.31. The van der Waals surface area contributed by atoms with Crippen molar-refractivity contribution in [2.45, 2.75) is 19.5 Å². The summed E-state index contributed by atoms with van der Waals surface area (Å²) in [7, 11) is 0. The van der Waals surface area contributed by atoms with Crippen molar-refractivity contribution < 1.29 is 23.1 Å². The second-order valence-corrected chi connectivity index (χ2v) is 8.97. The molecule has 2 saturated heterocycles. The van der Waals surface area contributed by atoms with Crippen LogP contribution < -0.4 is 4.90 Å². The normalized spacial score (nSPS) is 16.2. The van der Waals surface area contributed by atoms with Gasteiger partial charge in [0.05, 0.1) is 11.3 Å². The minimum Gasteiger partial charge on any atom is -0.507 e. The number of phenolic OH excluding ortho intramolecular Hbond substituents is 1. The zero-order valence-corrected chi connectivity index (χ0v) is 18.7. The van der Waals surface area contributed by atoms with Crippen LogP contribution in [0.4, 0.5) is 19.1 Å². The lowest BCUT2D eigenvalue weighted by Crippen LogP contribution is -2.46. The molecule has 2 aliphatic heterocycles. The third kappa shape index (κ3) is 5.15. The van der Waals surface area contributed by atoms with Crippen LogP contribution in [0.25, 0.3) is 17.0 Å². The highest BCUT2D eigenvalue weighted by atomic mass is 32.2. The Morgan fingerprint density at radius 1 is 1.12 bits per heavy atom. The lowest BCUT2D eigenvalue weighted by atomic mass is 10.0. The molecule has 0 spiro atoms. The maximum absolute atomic E-state index is 12.9. The SMILES string of the molecule is C1CSC1.Cc1cc(C(F)(F)F)cc(O)c1-c1ccn2nc(N3CCN(C=O)CC3)nc2n1. The zero-order chi connectivity index (χ0) is 23.6. The highest BCUT2D eigenvalue weighted by molar-refractivity contribution is 8.00. The molecule has 0 atom stereocenters. The number of halogens is 3. The lowest BCUT2D eigenvalue weighted by molar-refractivity contribution is -0.137. The summed E-state index contributed by atoms with van der Waals surface area (Å²) in [6.45, 7) is 3.78. The van der Waals surface area contributed by atoms with E-state index < -0.39 is 17.5 Å². The van der Waals surface area contributed by atoms with E-state index >= 15 is 0 Å². The highest BCUT2D eigenvalue weighted by Crippen LogP contribution is 2.38. The smallest absolute Gasteiger partial charge is 0.416 e. The molecule has 0 aliphatic carbocycles. The first-order valence-electron chi connectivity index (χ1n) is 10.4. The summed E-state index contributed by atoms with van der Waals surface area (Å²) in [5.74, 6) is 3.04. The van der Waals surface area contributed by atoms with Gasteiger partial charge < -0.3 is 14.9 Å². The molecular formula is C21H23F3N6O2S. The number of rotatable bonds is 3. The van der Waals surface area contributed by atoms with Crippen molar-refractivity contribution in [3.63, 3.8) is 0 Å². The predicted octanol–water partition coefficient (Wildman–Crippen LogP) is 3.23.